The molecule has 0 saturated carbocycles. The number of carboxylic acid groups (broad SMARTS) is 1. The van der Waals surface area contributed by atoms with Crippen LogP contribution in [0.5, 0.6) is 0 Å². The summed E-state index contributed by atoms with van der Waals surface area (Å²) in [7, 11) is -0.661. The van der Waals surface area contributed by atoms with Gasteiger partial charge in [0.25, 0.3) is 0 Å². The fraction of sp³-hybridized carbons (Fsp3) is 0.364. The minimum absolute atomic E-state index is 0.0495. The Bertz CT molecular complexity index is 509. The maximum atomic E-state index is 12.0. The van der Waals surface area contributed by atoms with Crippen molar-refractivity contribution in [3.05, 3.63) is 29.8 Å². The van der Waals surface area contributed by atoms with Crippen LogP contribution in [0, 0.1) is 0 Å². The number of benzene rings is 1. The molecule has 0 aliphatic heterocycles. The van der Waals surface area contributed by atoms with Crippen molar-refractivity contribution in [2.75, 3.05) is 27.3 Å². The Kier molecular flexibility index (Phi) is 4.83. The molecule has 18 heavy (non-hydrogen) atoms. The third kappa shape index (κ3) is 3.28. The number of sulfonamides is 1. The van der Waals surface area contributed by atoms with Gasteiger partial charge in [-0.15, -0.1) is 0 Å². The average Bonchev–Trinajstić information content (AvgIpc) is 2.35. The van der Waals surface area contributed by atoms with Crippen LogP contribution in [-0.4, -0.2) is 51.1 Å². The van der Waals surface area contributed by atoms with Gasteiger partial charge in [-0.1, -0.05) is 0 Å². The van der Waals surface area contributed by atoms with E-state index in [2.05, 4.69) is 0 Å². The summed E-state index contributed by atoms with van der Waals surface area (Å²) in [6.07, 6.45) is 0. The van der Waals surface area contributed by atoms with Crippen LogP contribution in [-0.2, 0) is 14.8 Å². The normalized spacial score (nSPS) is 11.7. The molecule has 0 amide bonds. The van der Waals surface area contributed by atoms with Crippen molar-refractivity contribution in [2.24, 2.45) is 0 Å². The molecular weight excluding hydrogens is 258 g/mol. The Morgan fingerprint density at radius 3 is 2.33 bits per heavy atom. The highest BCUT2D eigenvalue weighted by Gasteiger charge is 2.20. The number of methoxy groups -OCH3 is 1. The predicted molar refractivity (Wildman–Crippen MR) is 65.1 cm³/mol. The lowest BCUT2D eigenvalue weighted by Crippen LogP contribution is -2.30. The van der Waals surface area contributed by atoms with Gasteiger partial charge in [-0.25, -0.2) is 13.2 Å². The monoisotopic (exact) mass is 273 g/mol. The highest BCUT2D eigenvalue weighted by molar-refractivity contribution is 7.89. The third-order valence-corrected chi connectivity index (χ3v) is 4.29. The lowest BCUT2D eigenvalue weighted by atomic mass is 10.2. The van der Waals surface area contributed by atoms with Crippen LogP contribution in [0.25, 0.3) is 0 Å². The topological polar surface area (TPSA) is 83.9 Å². The summed E-state index contributed by atoms with van der Waals surface area (Å²) >= 11 is 0. The number of nitrogens with zero attached hydrogens (tertiary/aromatic N) is 1. The number of ether oxygens (including phenoxy) is 1. The first-order valence-electron chi connectivity index (χ1n) is 5.18. The van der Waals surface area contributed by atoms with Crippen molar-refractivity contribution in [2.45, 2.75) is 4.90 Å². The first-order chi connectivity index (χ1) is 8.39. The van der Waals surface area contributed by atoms with Crippen LogP contribution in [0.1, 0.15) is 10.4 Å². The molecule has 0 atom stereocenters. The second kappa shape index (κ2) is 5.94. The molecule has 6 nitrogen and oxygen atoms in total. The summed E-state index contributed by atoms with van der Waals surface area (Å²) in [6.45, 7) is 0.530. The molecule has 100 valence electrons. The van der Waals surface area contributed by atoms with E-state index in [1.165, 1.54) is 38.4 Å². The SMILES string of the molecule is COCCN(C)S(=O)(=O)c1ccc(C(=O)O)cc1. The van der Waals surface area contributed by atoms with Crippen LogP contribution in [0.2, 0.25) is 0 Å². The van der Waals surface area contributed by atoms with E-state index in [4.69, 9.17) is 9.84 Å². The van der Waals surface area contributed by atoms with E-state index < -0.39 is 16.0 Å². The molecule has 1 N–H and O–H groups in total. The van der Waals surface area contributed by atoms with Gasteiger partial charge in [-0.05, 0) is 24.3 Å². The molecule has 1 rings (SSSR count). The molecule has 0 aliphatic rings. The van der Waals surface area contributed by atoms with Gasteiger partial charge >= 0.3 is 5.97 Å². The van der Waals surface area contributed by atoms with E-state index in [-0.39, 0.29) is 17.0 Å². The molecule has 0 heterocycles. The number of hydrogen-bond acceptors (Lipinski definition) is 4. The van der Waals surface area contributed by atoms with Gasteiger partial charge in [0.2, 0.25) is 10.0 Å². The summed E-state index contributed by atoms with van der Waals surface area (Å²) in [5.74, 6) is -1.09. The van der Waals surface area contributed by atoms with Crippen molar-refractivity contribution in [1.82, 2.24) is 4.31 Å². The fourth-order valence-electron chi connectivity index (χ4n) is 1.29. The van der Waals surface area contributed by atoms with Crippen LogP contribution in [0.15, 0.2) is 29.2 Å². The van der Waals surface area contributed by atoms with Crippen molar-refractivity contribution in [1.29, 1.82) is 0 Å². The third-order valence-electron chi connectivity index (χ3n) is 2.42. The number of likely N-dealkylation sites (N-methyl/N-ethyl adjacent to an activating group) is 1. The van der Waals surface area contributed by atoms with E-state index in [9.17, 15) is 13.2 Å². The maximum absolute atomic E-state index is 12.0. The van der Waals surface area contributed by atoms with Crippen molar-refractivity contribution in [3.8, 4) is 0 Å². The van der Waals surface area contributed by atoms with Gasteiger partial charge in [0.1, 0.15) is 0 Å². The summed E-state index contributed by atoms with van der Waals surface area (Å²) in [5.41, 5.74) is 0.0495. The molecule has 0 radical (unpaired) electrons. The lowest BCUT2D eigenvalue weighted by molar-refractivity contribution is 0.0696. The minimum Gasteiger partial charge on any atom is -0.478 e. The second-order valence-corrected chi connectivity index (χ2v) is 5.69. The van der Waals surface area contributed by atoms with Crippen LogP contribution < -0.4 is 0 Å². The van der Waals surface area contributed by atoms with Crippen LogP contribution in [0.4, 0.5) is 0 Å². The van der Waals surface area contributed by atoms with Crippen molar-refractivity contribution in [3.63, 3.8) is 0 Å². The molecular formula is C11H15NO5S. The predicted octanol–water partition coefficient (Wildman–Crippen LogP) is 0.652. The molecule has 0 saturated heterocycles. The zero-order valence-electron chi connectivity index (χ0n) is 10.2. The zero-order chi connectivity index (χ0) is 13.8. The number of carbonyl (C=O) groups is 1. The van der Waals surface area contributed by atoms with Gasteiger partial charge in [0.05, 0.1) is 17.1 Å². The Morgan fingerprint density at radius 2 is 1.89 bits per heavy atom. The van der Waals surface area contributed by atoms with Gasteiger partial charge in [-0.2, -0.15) is 4.31 Å². The highest BCUT2D eigenvalue weighted by Crippen LogP contribution is 2.15. The summed E-state index contributed by atoms with van der Waals surface area (Å²) in [5, 5.41) is 8.73. The Morgan fingerprint density at radius 1 is 1.33 bits per heavy atom. The second-order valence-electron chi connectivity index (χ2n) is 3.65. The summed E-state index contributed by atoms with van der Waals surface area (Å²) in [6, 6.07) is 5.09. The molecule has 0 aromatic heterocycles. The first kappa shape index (κ1) is 14.6. The van der Waals surface area contributed by atoms with E-state index in [0.717, 1.165) is 4.31 Å². The Balaban J connectivity index is 2.94. The standard InChI is InChI=1S/C11H15NO5S/c1-12(7-8-17-2)18(15,16)10-5-3-9(4-6-10)11(13)14/h3-6H,7-8H2,1-2H3,(H,13,14). The summed E-state index contributed by atoms with van der Waals surface area (Å²) in [4.78, 5) is 10.7. The van der Waals surface area contributed by atoms with Gasteiger partial charge < -0.3 is 9.84 Å². The van der Waals surface area contributed by atoms with Gasteiger partial charge in [0.15, 0.2) is 0 Å². The Labute approximate surface area is 106 Å². The quantitative estimate of drug-likeness (QED) is 0.822. The number of carboxylic acids is 1. The molecule has 7 heteroatoms. The lowest BCUT2D eigenvalue weighted by Gasteiger charge is -2.16. The van der Waals surface area contributed by atoms with Crippen molar-refractivity contribution < 1.29 is 23.1 Å². The largest absolute Gasteiger partial charge is 0.478 e. The smallest absolute Gasteiger partial charge is 0.335 e. The highest BCUT2D eigenvalue weighted by atomic mass is 32.2. The summed E-state index contributed by atoms with van der Waals surface area (Å²) < 4.78 is 30.1. The van der Waals surface area contributed by atoms with E-state index in [1.807, 2.05) is 0 Å². The zero-order valence-corrected chi connectivity index (χ0v) is 11.0. The molecule has 0 aliphatic carbocycles. The molecule has 1 aromatic carbocycles. The number of aromatic carboxylic acids is 1. The Hall–Kier alpha value is -1.44. The van der Waals surface area contributed by atoms with E-state index in [0.29, 0.717) is 6.61 Å². The maximum Gasteiger partial charge on any atom is 0.335 e. The molecule has 0 spiro atoms. The molecule has 1 aromatic rings. The van der Waals surface area contributed by atoms with E-state index >= 15 is 0 Å². The van der Waals surface area contributed by atoms with Crippen molar-refractivity contribution >= 4 is 16.0 Å². The first-order valence-corrected chi connectivity index (χ1v) is 6.62. The minimum atomic E-state index is -3.59. The van der Waals surface area contributed by atoms with Crippen LogP contribution >= 0.6 is 0 Å². The molecule has 0 unspecified atom stereocenters. The molecule has 0 bridgehead atoms. The van der Waals surface area contributed by atoms with E-state index in [1.54, 1.807) is 0 Å². The fourth-order valence-corrected chi connectivity index (χ4v) is 2.44. The number of hydrogen-bond donors (Lipinski definition) is 1. The average molecular weight is 273 g/mol. The van der Waals surface area contributed by atoms with Crippen LogP contribution in [0.3, 0.4) is 0 Å². The number of rotatable bonds is 6. The van der Waals surface area contributed by atoms with Gasteiger partial charge in [-0.3, -0.25) is 0 Å². The molecule has 0 fully saturated rings. The van der Waals surface area contributed by atoms with Gasteiger partial charge in [0, 0.05) is 20.7 Å².